The van der Waals surface area contributed by atoms with E-state index in [0.29, 0.717) is 38.3 Å². The summed E-state index contributed by atoms with van der Waals surface area (Å²) >= 11 is 0. The number of piperazine rings is 1. The van der Waals surface area contributed by atoms with Crippen molar-refractivity contribution < 1.29 is 18.8 Å². The van der Waals surface area contributed by atoms with Crippen LogP contribution in [0.4, 0.5) is 10.1 Å². The minimum atomic E-state index is -0.568. The van der Waals surface area contributed by atoms with Crippen molar-refractivity contribution in [3.05, 3.63) is 69.5 Å². The Labute approximate surface area is 156 Å². The smallest absolute Gasteiger partial charge is 0.311 e. The predicted octanol–water partition coefficient (Wildman–Crippen LogP) is 2.70. The third kappa shape index (κ3) is 4.22. The average molecular weight is 373 g/mol. The maximum Gasteiger partial charge on any atom is 0.311 e. The van der Waals surface area contributed by atoms with Gasteiger partial charge < -0.3 is 9.64 Å². The van der Waals surface area contributed by atoms with Gasteiger partial charge in [-0.1, -0.05) is 18.2 Å². The molecule has 0 unspecified atom stereocenters. The number of carbonyl (C=O) groups is 1. The second-order valence-electron chi connectivity index (χ2n) is 6.30. The van der Waals surface area contributed by atoms with Gasteiger partial charge in [0.05, 0.1) is 12.0 Å². The van der Waals surface area contributed by atoms with Crippen LogP contribution in [0.5, 0.6) is 5.75 Å². The minimum absolute atomic E-state index is 0.117. The third-order valence-corrected chi connectivity index (χ3v) is 4.63. The first-order valence-corrected chi connectivity index (χ1v) is 8.57. The van der Waals surface area contributed by atoms with Crippen molar-refractivity contribution in [2.24, 2.45) is 0 Å². The molecule has 0 N–H and O–H groups in total. The number of nitrogens with zero attached hydrogens (tertiary/aromatic N) is 3. The van der Waals surface area contributed by atoms with E-state index in [1.807, 2.05) is 0 Å². The number of amides is 1. The zero-order valence-electron chi connectivity index (χ0n) is 14.9. The minimum Gasteiger partial charge on any atom is -0.490 e. The lowest BCUT2D eigenvalue weighted by Crippen LogP contribution is -2.48. The highest BCUT2D eigenvalue weighted by molar-refractivity contribution is 5.95. The molecule has 0 bridgehead atoms. The number of halogens is 1. The van der Waals surface area contributed by atoms with E-state index in [9.17, 15) is 19.3 Å². The number of methoxy groups -OCH3 is 1. The Morgan fingerprint density at radius 2 is 1.89 bits per heavy atom. The van der Waals surface area contributed by atoms with E-state index in [0.717, 1.165) is 0 Å². The first-order valence-electron chi connectivity index (χ1n) is 8.57. The summed E-state index contributed by atoms with van der Waals surface area (Å²) in [5.41, 5.74) is 0.648. The fourth-order valence-corrected chi connectivity index (χ4v) is 3.12. The molecule has 0 radical (unpaired) electrons. The van der Waals surface area contributed by atoms with Gasteiger partial charge in [-0.15, -0.1) is 0 Å². The lowest BCUT2D eigenvalue weighted by molar-refractivity contribution is -0.385. The normalized spacial score (nSPS) is 14.8. The molecule has 1 heterocycles. The van der Waals surface area contributed by atoms with E-state index in [4.69, 9.17) is 4.74 Å². The predicted molar refractivity (Wildman–Crippen MR) is 97.2 cm³/mol. The van der Waals surface area contributed by atoms with Crippen LogP contribution in [0.2, 0.25) is 0 Å². The van der Waals surface area contributed by atoms with Crippen molar-refractivity contribution in [3.8, 4) is 5.75 Å². The molecule has 1 fully saturated rings. The molecule has 1 saturated heterocycles. The standard InChI is InChI=1S/C19H20FN3O4/c1-27-18-7-6-14(12-17(18)23(25)26)19(24)22-10-8-21(9-11-22)13-15-4-2-3-5-16(15)20/h2-7,12H,8-11,13H2,1H3. The van der Waals surface area contributed by atoms with Gasteiger partial charge in [-0.3, -0.25) is 19.8 Å². The van der Waals surface area contributed by atoms with Crippen molar-refractivity contribution in [2.45, 2.75) is 6.54 Å². The molecule has 1 aliphatic rings. The number of rotatable bonds is 5. The lowest BCUT2D eigenvalue weighted by Gasteiger charge is -2.34. The van der Waals surface area contributed by atoms with Crippen LogP contribution in [0.25, 0.3) is 0 Å². The fraction of sp³-hybridized carbons (Fsp3) is 0.316. The molecule has 1 aliphatic heterocycles. The molecule has 7 nitrogen and oxygen atoms in total. The van der Waals surface area contributed by atoms with Crippen molar-refractivity contribution in [1.82, 2.24) is 9.80 Å². The number of ether oxygens (including phenoxy) is 1. The molecule has 142 valence electrons. The number of hydrogen-bond donors (Lipinski definition) is 0. The highest BCUT2D eigenvalue weighted by Gasteiger charge is 2.25. The van der Waals surface area contributed by atoms with Gasteiger partial charge in [-0.25, -0.2) is 4.39 Å². The van der Waals surface area contributed by atoms with E-state index < -0.39 is 4.92 Å². The Bertz CT molecular complexity index is 851. The monoisotopic (exact) mass is 373 g/mol. The maximum absolute atomic E-state index is 13.8. The summed E-state index contributed by atoms with van der Waals surface area (Å²) in [6.07, 6.45) is 0. The largest absolute Gasteiger partial charge is 0.490 e. The molecule has 0 atom stereocenters. The maximum atomic E-state index is 13.8. The topological polar surface area (TPSA) is 75.9 Å². The lowest BCUT2D eigenvalue weighted by atomic mass is 10.1. The molecule has 0 saturated carbocycles. The molecule has 2 aromatic carbocycles. The quantitative estimate of drug-likeness (QED) is 0.595. The summed E-state index contributed by atoms with van der Waals surface area (Å²) < 4.78 is 18.7. The third-order valence-electron chi connectivity index (χ3n) is 4.63. The van der Waals surface area contributed by atoms with Gasteiger partial charge in [0.1, 0.15) is 5.82 Å². The molecule has 3 rings (SSSR count). The molecule has 27 heavy (non-hydrogen) atoms. The molecule has 2 aromatic rings. The van der Waals surface area contributed by atoms with Gasteiger partial charge in [0.15, 0.2) is 5.75 Å². The van der Waals surface area contributed by atoms with Crippen molar-refractivity contribution in [3.63, 3.8) is 0 Å². The molecule has 0 aromatic heterocycles. The summed E-state index contributed by atoms with van der Waals surface area (Å²) in [7, 11) is 1.35. The molecule has 1 amide bonds. The molecular formula is C19H20FN3O4. The Kier molecular flexibility index (Phi) is 5.66. The van der Waals surface area contributed by atoms with Crippen LogP contribution in [0, 0.1) is 15.9 Å². The Morgan fingerprint density at radius 1 is 1.19 bits per heavy atom. The first kappa shape index (κ1) is 18.8. The van der Waals surface area contributed by atoms with Crippen molar-refractivity contribution >= 4 is 11.6 Å². The van der Waals surface area contributed by atoms with Gasteiger partial charge in [-0.05, 0) is 18.2 Å². The van der Waals surface area contributed by atoms with E-state index in [2.05, 4.69) is 4.90 Å². The summed E-state index contributed by atoms with van der Waals surface area (Å²) in [5, 5.41) is 11.1. The van der Waals surface area contributed by atoms with Crippen LogP contribution >= 0.6 is 0 Å². The summed E-state index contributed by atoms with van der Waals surface area (Å²) in [6, 6.07) is 10.8. The second kappa shape index (κ2) is 8.13. The van der Waals surface area contributed by atoms with Crippen molar-refractivity contribution in [2.75, 3.05) is 33.3 Å². The van der Waals surface area contributed by atoms with Crippen LogP contribution in [0.3, 0.4) is 0 Å². The number of hydrogen-bond acceptors (Lipinski definition) is 5. The zero-order valence-corrected chi connectivity index (χ0v) is 14.9. The first-order chi connectivity index (χ1) is 13.0. The van der Waals surface area contributed by atoms with Gasteiger partial charge in [0.2, 0.25) is 0 Å². The molecular weight excluding hydrogens is 353 g/mol. The van der Waals surface area contributed by atoms with Crippen molar-refractivity contribution in [1.29, 1.82) is 0 Å². The summed E-state index contributed by atoms with van der Waals surface area (Å²) in [5.74, 6) is -0.376. The van der Waals surface area contributed by atoms with Crippen LogP contribution in [-0.2, 0) is 6.54 Å². The Hall–Kier alpha value is -3.00. The van der Waals surface area contributed by atoms with E-state index >= 15 is 0 Å². The van der Waals surface area contributed by atoms with Gasteiger partial charge in [-0.2, -0.15) is 0 Å². The summed E-state index contributed by atoms with van der Waals surface area (Å²) in [4.78, 5) is 27.0. The van der Waals surface area contributed by atoms with Crippen LogP contribution < -0.4 is 4.74 Å². The van der Waals surface area contributed by atoms with Gasteiger partial charge >= 0.3 is 5.69 Å². The fourth-order valence-electron chi connectivity index (χ4n) is 3.12. The molecule has 0 aliphatic carbocycles. The number of nitro groups is 1. The van der Waals surface area contributed by atoms with Gasteiger partial charge in [0, 0.05) is 49.9 Å². The van der Waals surface area contributed by atoms with E-state index in [1.165, 1.54) is 31.4 Å². The van der Waals surface area contributed by atoms with Crippen LogP contribution in [0.1, 0.15) is 15.9 Å². The second-order valence-corrected chi connectivity index (χ2v) is 6.30. The van der Waals surface area contributed by atoms with Crippen LogP contribution in [0.15, 0.2) is 42.5 Å². The highest BCUT2D eigenvalue weighted by atomic mass is 19.1. The zero-order chi connectivity index (χ0) is 19.4. The average Bonchev–Trinajstić information content (AvgIpc) is 2.69. The van der Waals surface area contributed by atoms with E-state index in [1.54, 1.807) is 23.1 Å². The molecule has 8 heteroatoms. The number of benzene rings is 2. The van der Waals surface area contributed by atoms with E-state index in [-0.39, 0.29) is 28.7 Å². The van der Waals surface area contributed by atoms with Crippen LogP contribution in [-0.4, -0.2) is 53.9 Å². The Morgan fingerprint density at radius 3 is 2.52 bits per heavy atom. The summed E-state index contributed by atoms with van der Waals surface area (Å²) in [6.45, 7) is 2.67. The highest BCUT2D eigenvalue weighted by Crippen LogP contribution is 2.28. The number of carbonyl (C=O) groups excluding carboxylic acids is 1. The number of nitro benzene ring substituents is 1. The SMILES string of the molecule is COc1ccc(C(=O)N2CCN(Cc3ccccc3F)CC2)cc1[N+](=O)[O-]. The Balaban J connectivity index is 1.64. The molecule has 0 spiro atoms. The van der Waals surface area contributed by atoms with Gasteiger partial charge in [0.25, 0.3) is 5.91 Å².